The maximum atomic E-state index is 11.6. The SMILES string of the molecule is CCCCCCCCC(=O)N/N=C/c1ccc(OC)c(O)c1. The molecule has 1 amide bonds. The predicted molar refractivity (Wildman–Crippen MR) is 88.4 cm³/mol. The molecule has 0 aliphatic carbocycles. The third-order valence-corrected chi connectivity index (χ3v) is 3.36. The van der Waals surface area contributed by atoms with Gasteiger partial charge < -0.3 is 9.84 Å². The first-order valence-electron chi connectivity index (χ1n) is 7.86. The summed E-state index contributed by atoms with van der Waals surface area (Å²) in [6, 6.07) is 4.93. The van der Waals surface area contributed by atoms with Gasteiger partial charge in [-0.3, -0.25) is 4.79 Å². The summed E-state index contributed by atoms with van der Waals surface area (Å²) in [6.07, 6.45) is 8.92. The number of carbonyl (C=O) groups is 1. The Morgan fingerprint density at radius 2 is 2.00 bits per heavy atom. The average Bonchev–Trinajstić information content (AvgIpc) is 2.51. The van der Waals surface area contributed by atoms with Crippen LogP contribution in [0.1, 0.15) is 57.4 Å². The second-order valence-electron chi connectivity index (χ2n) is 5.24. The van der Waals surface area contributed by atoms with Crippen LogP contribution in [0.25, 0.3) is 0 Å². The first kappa shape index (κ1) is 18.0. The normalized spacial score (nSPS) is 10.8. The number of nitrogens with one attached hydrogen (secondary N) is 1. The van der Waals surface area contributed by atoms with Crippen molar-refractivity contribution in [3.63, 3.8) is 0 Å². The van der Waals surface area contributed by atoms with Gasteiger partial charge in [0.2, 0.25) is 5.91 Å². The number of rotatable bonds is 10. The zero-order valence-corrected chi connectivity index (χ0v) is 13.5. The van der Waals surface area contributed by atoms with Crippen molar-refractivity contribution in [1.82, 2.24) is 5.43 Å². The van der Waals surface area contributed by atoms with Gasteiger partial charge in [0.25, 0.3) is 0 Å². The van der Waals surface area contributed by atoms with E-state index in [1.807, 2.05) is 0 Å². The molecule has 122 valence electrons. The summed E-state index contributed by atoms with van der Waals surface area (Å²) in [5.41, 5.74) is 3.19. The second kappa shape index (κ2) is 10.7. The molecule has 1 aromatic carbocycles. The smallest absolute Gasteiger partial charge is 0.240 e. The average molecular weight is 306 g/mol. The summed E-state index contributed by atoms with van der Waals surface area (Å²) in [5.74, 6) is 0.374. The Labute approximate surface area is 132 Å². The molecule has 0 unspecified atom stereocenters. The van der Waals surface area contributed by atoms with Crippen LogP contribution >= 0.6 is 0 Å². The molecule has 0 aliphatic heterocycles. The minimum absolute atomic E-state index is 0.0462. The van der Waals surface area contributed by atoms with E-state index in [2.05, 4.69) is 17.5 Å². The van der Waals surface area contributed by atoms with Crippen LogP contribution in [0.2, 0.25) is 0 Å². The topological polar surface area (TPSA) is 70.9 Å². The maximum absolute atomic E-state index is 11.6. The fraction of sp³-hybridized carbons (Fsp3) is 0.529. The number of hydrazone groups is 1. The van der Waals surface area contributed by atoms with Gasteiger partial charge in [-0.05, 0) is 30.2 Å². The van der Waals surface area contributed by atoms with E-state index in [-0.39, 0.29) is 11.7 Å². The Balaban J connectivity index is 2.24. The summed E-state index contributed by atoms with van der Waals surface area (Å²) in [6.45, 7) is 2.19. The summed E-state index contributed by atoms with van der Waals surface area (Å²) in [5, 5.41) is 13.5. The number of nitrogens with zero attached hydrogens (tertiary/aromatic N) is 1. The summed E-state index contributed by atoms with van der Waals surface area (Å²) in [4.78, 5) is 11.6. The molecule has 2 N–H and O–H groups in total. The van der Waals surface area contributed by atoms with Crippen molar-refractivity contribution in [2.24, 2.45) is 5.10 Å². The molecule has 0 aromatic heterocycles. The molecule has 1 rings (SSSR count). The van der Waals surface area contributed by atoms with Crippen LogP contribution in [0, 0.1) is 0 Å². The number of benzene rings is 1. The predicted octanol–water partition coefficient (Wildman–Crippen LogP) is 3.60. The number of phenols is 1. The number of amides is 1. The lowest BCUT2D eigenvalue weighted by atomic mass is 10.1. The van der Waals surface area contributed by atoms with Crippen LogP contribution in [0.3, 0.4) is 0 Å². The number of methoxy groups -OCH3 is 1. The first-order chi connectivity index (χ1) is 10.7. The molecule has 0 radical (unpaired) electrons. The van der Waals surface area contributed by atoms with Crippen LogP contribution in [0.5, 0.6) is 11.5 Å². The van der Waals surface area contributed by atoms with Crippen molar-refractivity contribution in [2.45, 2.75) is 51.9 Å². The standard InChI is InChI=1S/C17H26N2O3/c1-3-4-5-6-7-8-9-17(21)19-18-13-14-10-11-16(22-2)15(20)12-14/h10-13,20H,3-9H2,1-2H3,(H,19,21)/b18-13+. The minimum atomic E-state index is -0.0792. The molecule has 0 saturated carbocycles. The number of ether oxygens (including phenoxy) is 1. The Kier molecular flexibility index (Phi) is 8.72. The Hall–Kier alpha value is -2.04. The summed E-state index contributed by atoms with van der Waals surface area (Å²) < 4.78 is 4.96. The van der Waals surface area contributed by atoms with Crippen molar-refractivity contribution < 1.29 is 14.6 Å². The van der Waals surface area contributed by atoms with Gasteiger partial charge in [-0.15, -0.1) is 0 Å². The maximum Gasteiger partial charge on any atom is 0.240 e. The van der Waals surface area contributed by atoms with Crippen LogP contribution in [0.4, 0.5) is 0 Å². The van der Waals surface area contributed by atoms with E-state index in [0.717, 1.165) is 12.8 Å². The second-order valence-corrected chi connectivity index (χ2v) is 5.24. The Morgan fingerprint density at radius 3 is 2.68 bits per heavy atom. The number of hydrogen-bond acceptors (Lipinski definition) is 4. The highest BCUT2D eigenvalue weighted by molar-refractivity contribution is 5.83. The van der Waals surface area contributed by atoms with Crippen LogP contribution < -0.4 is 10.2 Å². The van der Waals surface area contributed by atoms with E-state index >= 15 is 0 Å². The van der Waals surface area contributed by atoms with E-state index < -0.39 is 0 Å². The van der Waals surface area contributed by atoms with Gasteiger partial charge in [-0.2, -0.15) is 5.10 Å². The van der Waals surface area contributed by atoms with E-state index in [0.29, 0.717) is 17.7 Å². The fourth-order valence-electron chi connectivity index (χ4n) is 2.09. The van der Waals surface area contributed by atoms with Crippen molar-refractivity contribution in [1.29, 1.82) is 0 Å². The quantitative estimate of drug-likeness (QED) is 0.394. The minimum Gasteiger partial charge on any atom is -0.504 e. The number of carbonyl (C=O) groups excluding carboxylic acids is 1. The van der Waals surface area contributed by atoms with Crippen molar-refractivity contribution >= 4 is 12.1 Å². The number of aromatic hydroxyl groups is 1. The molecule has 1 aromatic rings. The van der Waals surface area contributed by atoms with E-state index in [1.165, 1.54) is 45.1 Å². The first-order valence-corrected chi connectivity index (χ1v) is 7.86. The van der Waals surface area contributed by atoms with E-state index in [1.54, 1.807) is 12.1 Å². The zero-order valence-electron chi connectivity index (χ0n) is 13.5. The number of phenolic OH excluding ortho intramolecular Hbond substituents is 1. The van der Waals surface area contributed by atoms with Crippen LogP contribution in [-0.2, 0) is 4.79 Å². The third kappa shape index (κ3) is 7.11. The fourth-order valence-corrected chi connectivity index (χ4v) is 2.09. The van der Waals surface area contributed by atoms with Gasteiger partial charge in [0, 0.05) is 6.42 Å². The summed E-state index contributed by atoms with van der Waals surface area (Å²) >= 11 is 0. The van der Waals surface area contributed by atoms with Gasteiger partial charge in [-0.1, -0.05) is 39.0 Å². The lowest BCUT2D eigenvalue weighted by Crippen LogP contribution is -2.16. The van der Waals surface area contributed by atoms with Gasteiger partial charge in [-0.25, -0.2) is 5.43 Å². The van der Waals surface area contributed by atoms with E-state index in [4.69, 9.17) is 4.74 Å². The molecular weight excluding hydrogens is 280 g/mol. The largest absolute Gasteiger partial charge is 0.504 e. The van der Waals surface area contributed by atoms with Crippen LogP contribution in [0.15, 0.2) is 23.3 Å². The third-order valence-electron chi connectivity index (χ3n) is 3.36. The molecular formula is C17H26N2O3. The van der Waals surface area contributed by atoms with Gasteiger partial charge in [0.05, 0.1) is 13.3 Å². The molecule has 0 saturated heterocycles. The molecule has 0 aliphatic rings. The Bertz CT molecular complexity index is 487. The molecule has 0 heterocycles. The summed E-state index contributed by atoms with van der Waals surface area (Å²) in [7, 11) is 1.49. The highest BCUT2D eigenvalue weighted by atomic mass is 16.5. The lowest BCUT2D eigenvalue weighted by molar-refractivity contribution is -0.121. The Morgan fingerprint density at radius 1 is 1.27 bits per heavy atom. The van der Waals surface area contributed by atoms with Crippen LogP contribution in [-0.4, -0.2) is 24.3 Å². The number of hydrogen-bond donors (Lipinski definition) is 2. The highest BCUT2D eigenvalue weighted by Gasteiger charge is 2.01. The number of unbranched alkanes of at least 4 members (excludes halogenated alkanes) is 5. The van der Waals surface area contributed by atoms with Crippen molar-refractivity contribution in [3.05, 3.63) is 23.8 Å². The van der Waals surface area contributed by atoms with Crippen molar-refractivity contribution in [3.8, 4) is 11.5 Å². The monoisotopic (exact) mass is 306 g/mol. The molecule has 22 heavy (non-hydrogen) atoms. The molecule has 0 bridgehead atoms. The lowest BCUT2D eigenvalue weighted by Gasteiger charge is -2.03. The zero-order chi connectivity index (χ0) is 16.2. The molecule has 0 spiro atoms. The van der Waals surface area contributed by atoms with Gasteiger partial charge >= 0.3 is 0 Å². The van der Waals surface area contributed by atoms with Crippen molar-refractivity contribution in [2.75, 3.05) is 7.11 Å². The molecule has 0 fully saturated rings. The molecule has 5 heteroatoms. The molecule has 5 nitrogen and oxygen atoms in total. The highest BCUT2D eigenvalue weighted by Crippen LogP contribution is 2.25. The van der Waals surface area contributed by atoms with Gasteiger partial charge in [0.1, 0.15) is 0 Å². The van der Waals surface area contributed by atoms with Gasteiger partial charge in [0.15, 0.2) is 11.5 Å². The van der Waals surface area contributed by atoms with E-state index in [9.17, 15) is 9.90 Å². The molecule has 0 atom stereocenters.